The summed E-state index contributed by atoms with van der Waals surface area (Å²) in [6.07, 6.45) is 6.27. The van der Waals surface area contributed by atoms with E-state index in [-0.39, 0.29) is 30.6 Å². The summed E-state index contributed by atoms with van der Waals surface area (Å²) in [5.41, 5.74) is 10.4. The maximum absolute atomic E-state index is 12.7. The van der Waals surface area contributed by atoms with Gasteiger partial charge in [0.25, 0.3) is 0 Å². The number of aliphatic hydroxyl groups excluding tert-OH is 1. The van der Waals surface area contributed by atoms with Gasteiger partial charge < -0.3 is 35.5 Å². The smallest absolute Gasteiger partial charge is 0.224 e. The first kappa shape index (κ1) is 33.2. The maximum atomic E-state index is 12.7. The van der Waals surface area contributed by atoms with Gasteiger partial charge in [0.05, 0.1) is 30.2 Å². The summed E-state index contributed by atoms with van der Waals surface area (Å²) >= 11 is 1.64. The Morgan fingerprint density at radius 3 is 2.43 bits per heavy atom. The van der Waals surface area contributed by atoms with Crippen LogP contribution in [0.5, 0.6) is 0 Å². The van der Waals surface area contributed by atoms with E-state index < -0.39 is 6.29 Å². The first-order chi connectivity index (χ1) is 22.4. The molecule has 1 saturated heterocycles. The fourth-order valence-corrected chi connectivity index (χ4v) is 6.19. The molecule has 242 valence electrons. The zero-order valence-electron chi connectivity index (χ0n) is 25.9. The number of carbonyl (C=O) groups is 2. The molecule has 5 N–H and O–H groups in total. The van der Waals surface area contributed by atoms with Gasteiger partial charge in [-0.15, -0.1) is 0 Å². The second kappa shape index (κ2) is 16.4. The van der Waals surface area contributed by atoms with Crippen LogP contribution in [-0.2, 0) is 32.7 Å². The summed E-state index contributed by atoms with van der Waals surface area (Å²) in [7, 11) is 1.97. The molecule has 3 aromatic carbocycles. The van der Waals surface area contributed by atoms with Crippen LogP contribution < -0.4 is 16.4 Å². The van der Waals surface area contributed by atoms with Crippen molar-refractivity contribution in [1.82, 2.24) is 9.55 Å². The van der Waals surface area contributed by atoms with Crippen molar-refractivity contribution in [3.8, 4) is 0 Å². The minimum Gasteiger partial charge on any atom is -0.397 e. The fourth-order valence-electron chi connectivity index (χ4n) is 5.24. The average Bonchev–Trinajstić information content (AvgIpc) is 3.49. The monoisotopic (exact) mass is 643 g/mol. The number of imidazole rings is 1. The van der Waals surface area contributed by atoms with E-state index in [9.17, 15) is 14.7 Å². The number of amides is 2. The number of aliphatic hydroxyl groups is 1. The number of ether oxygens (including phenoxy) is 2. The molecule has 1 fully saturated rings. The minimum absolute atomic E-state index is 0.0131. The Bertz CT molecular complexity index is 1590. The number of nitrogen functional groups attached to an aromatic ring is 1. The summed E-state index contributed by atoms with van der Waals surface area (Å²) in [5, 5.41) is 16.2. The maximum Gasteiger partial charge on any atom is 0.224 e. The third-order valence-corrected chi connectivity index (χ3v) is 8.97. The molecule has 1 aromatic heterocycles. The number of rotatable bonds is 14. The van der Waals surface area contributed by atoms with Crippen LogP contribution in [0, 0.1) is 0 Å². The Labute approximate surface area is 273 Å². The lowest BCUT2D eigenvalue weighted by Gasteiger charge is -2.36. The predicted octanol–water partition coefficient (Wildman–Crippen LogP) is 6.36. The number of anilines is 3. The molecule has 5 rings (SSSR count). The summed E-state index contributed by atoms with van der Waals surface area (Å²) in [5.74, 6) is 0.525. The van der Waals surface area contributed by atoms with Crippen molar-refractivity contribution in [2.75, 3.05) is 22.1 Å². The number of nitrogens with one attached hydrogen (secondary N) is 2. The standard InChI is InChI=1S/C35H41N5O5S/c1-40-19-18-37-35(40)46-23-28-21-31(25-16-14-24(22-41)15-17-25)45-34(44-28)26-8-7-9-27(20-26)38-32(42)12-3-2-4-13-33(43)39-30-11-6-5-10-29(30)36/h5-11,14-20,28,31,34,41H,2-4,12-13,21-23,36H2,1H3,(H,38,42)(H,39,43). The lowest BCUT2D eigenvalue weighted by molar-refractivity contribution is -0.245. The Morgan fingerprint density at radius 2 is 1.72 bits per heavy atom. The number of nitrogens with zero attached hydrogens (tertiary/aromatic N) is 2. The summed E-state index contributed by atoms with van der Waals surface area (Å²) in [6.45, 7) is -0.0131. The first-order valence-electron chi connectivity index (χ1n) is 15.5. The molecule has 3 unspecified atom stereocenters. The van der Waals surface area contributed by atoms with E-state index in [0.717, 1.165) is 28.3 Å². The van der Waals surface area contributed by atoms with Crippen molar-refractivity contribution in [3.05, 3.63) is 102 Å². The van der Waals surface area contributed by atoms with Crippen LogP contribution in [0.4, 0.5) is 17.1 Å². The third kappa shape index (κ3) is 9.43. The van der Waals surface area contributed by atoms with Crippen molar-refractivity contribution in [2.45, 2.75) is 68.8 Å². The molecule has 0 bridgehead atoms. The number of para-hydroxylation sites is 2. The van der Waals surface area contributed by atoms with Crippen molar-refractivity contribution < 1.29 is 24.2 Å². The molecule has 11 heteroatoms. The second-order valence-electron chi connectivity index (χ2n) is 11.4. The lowest BCUT2D eigenvalue weighted by Crippen LogP contribution is -2.31. The molecule has 0 aliphatic carbocycles. The van der Waals surface area contributed by atoms with E-state index in [2.05, 4.69) is 15.6 Å². The zero-order valence-corrected chi connectivity index (χ0v) is 26.7. The number of benzene rings is 3. The Hall–Kier alpha value is -4.16. The topological polar surface area (TPSA) is 141 Å². The predicted molar refractivity (Wildman–Crippen MR) is 180 cm³/mol. The normalized spacial score (nSPS) is 17.8. The van der Waals surface area contributed by atoms with E-state index in [0.29, 0.717) is 54.9 Å². The molecule has 0 saturated carbocycles. The quantitative estimate of drug-likeness (QED) is 0.0707. The van der Waals surface area contributed by atoms with Gasteiger partial charge in [0.15, 0.2) is 11.4 Å². The Balaban J connectivity index is 1.14. The van der Waals surface area contributed by atoms with Crippen LogP contribution in [0.2, 0.25) is 0 Å². The number of aromatic nitrogens is 2. The highest BCUT2D eigenvalue weighted by molar-refractivity contribution is 7.99. The molecule has 46 heavy (non-hydrogen) atoms. The van der Waals surface area contributed by atoms with Crippen molar-refractivity contribution in [1.29, 1.82) is 0 Å². The zero-order chi connectivity index (χ0) is 32.3. The van der Waals surface area contributed by atoms with Crippen LogP contribution in [0.25, 0.3) is 0 Å². The molecule has 4 aromatic rings. The van der Waals surface area contributed by atoms with Crippen LogP contribution in [0.1, 0.15) is 67.6 Å². The van der Waals surface area contributed by atoms with E-state index in [1.165, 1.54) is 0 Å². The summed E-state index contributed by atoms with van der Waals surface area (Å²) < 4.78 is 14.9. The van der Waals surface area contributed by atoms with Crippen LogP contribution in [0.3, 0.4) is 0 Å². The van der Waals surface area contributed by atoms with Gasteiger partial charge in [0.1, 0.15) is 0 Å². The van der Waals surface area contributed by atoms with Crippen LogP contribution in [-0.4, -0.2) is 38.3 Å². The van der Waals surface area contributed by atoms with Gasteiger partial charge in [-0.25, -0.2) is 4.98 Å². The van der Waals surface area contributed by atoms with Crippen LogP contribution in [0.15, 0.2) is 90.3 Å². The average molecular weight is 644 g/mol. The highest BCUT2D eigenvalue weighted by Gasteiger charge is 2.32. The molecule has 0 radical (unpaired) electrons. The lowest BCUT2D eigenvalue weighted by atomic mass is 10.0. The number of nitrogens with two attached hydrogens (primary N) is 1. The van der Waals surface area contributed by atoms with Gasteiger partial charge in [-0.2, -0.15) is 0 Å². The van der Waals surface area contributed by atoms with Gasteiger partial charge in [0.2, 0.25) is 11.8 Å². The van der Waals surface area contributed by atoms with Gasteiger partial charge in [0, 0.05) is 55.7 Å². The summed E-state index contributed by atoms with van der Waals surface area (Å²) in [6, 6.07) is 22.5. The molecule has 2 heterocycles. The number of hydrogen-bond acceptors (Lipinski definition) is 8. The third-order valence-electron chi connectivity index (χ3n) is 7.78. The minimum atomic E-state index is -0.627. The summed E-state index contributed by atoms with van der Waals surface area (Å²) in [4.78, 5) is 29.4. The second-order valence-corrected chi connectivity index (χ2v) is 12.3. The number of thioether (sulfide) groups is 1. The van der Waals surface area contributed by atoms with E-state index >= 15 is 0 Å². The van der Waals surface area contributed by atoms with Crippen LogP contribution >= 0.6 is 11.8 Å². The molecule has 1 aliphatic heterocycles. The van der Waals surface area contributed by atoms with Gasteiger partial charge in [-0.05, 0) is 48.2 Å². The van der Waals surface area contributed by atoms with Gasteiger partial charge in [-0.3, -0.25) is 9.59 Å². The van der Waals surface area contributed by atoms with E-state index in [1.807, 2.05) is 78.5 Å². The molecule has 10 nitrogen and oxygen atoms in total. The molecule has 0 spiro atoms. The van der Waals surface area contributed by atoms with E-state index in [4.69, 9.17) is 15.2 Å². The highest BCUT2D eigenvalue weighted by Crippen LogP contribution is 2.39. The Morgan fingerprint density at radius 1 is 0.957 bits per heavy atom. The molecule has 3 atom stereocenters. The molecular weight excluding hydrogens is 602 g/mol. The molecular formula is C35H41N5O5S. The fraction of sp³-hybridized carbons (Fsp3) is 0.343. The number of hydrogen-bond donors (Lipinski definition) is 4. The van der Waals surface area contributed by atoms with Crippen molar-refractivity contribution >= 4 is 40.6 Å². The Kier molecular flexibility index (Phi) is 11.9. The van der Waals surface area contributed by atoms with Crippen molar-refractivity contribution in [2.24, 2.45) is 7.05 Å². The van der Waals surface area contributed by atoms with Crippen molar-refractivity contribution in [3.63, 3.8) is 0 Å². The van der Waals surface area contributed by atoms with Gasteiger partial charge >= 0.3 is 0 Å². The molecule has 2 amide bonds. The highest BCUT2D eigenvalue weighted by atomic mass is 32.2. The molecule has 1 aliphatic rings. The van der Waals surface area contributed by atoms with Gasteiger partial charge in [-0.1, -0.05) is 66.7 Å². The SMILES string of the molecule is Cn1ccnc1SCC1CC(c2ccc(CO)cc2)OC(c2cccc(NC(=O)CCCCCC(=O)Nc3ccccc3N)c2)O1. The number of unbranched alkanes of at least 4 members (excludes halogenated alkanes) is 2. The van der Waals surface area contributed by atoms with E-state index in [1.54, 1.807) is 30.1 Å². The number of aryl methyl sites for hydroxylation is 1. The largest absolute Gasteiger partial charge is 0.397 e. The number of carbonyl (C=O) groups excluding carboxylic acids is 2. The first-order valence-corrected chi connectivity index (χ1v) is 16.5.